The van der Waals surface area contributed by atoms with Gasteiger partial charge in [0, 0.05) is 16.7 Å². The summed E-state index contributed by atoms with van der Waals surface area (Å²) in [6, 6.07) is 0.645. The number of nitrogens with one attached hydrogen (secondary N) is 1. The van der Waals surface area contributed by atoms with Crippen molar-refractivity contribution in [3.05, 3.63) is 34.6 Å². The molecule has 0 aromatic carbocycles. The standard InChI is InChI=1S/C19H22N8O6S2.H2O4S/c1-33-24-12(10-8-35-19(21)22-10)15(29)23-13-16(30)27-14(18(31)32)9(7-34-17(13)27)6-25-3-2-11(20)26(25)4-5-28;1-5(2,3)4/h2-3,8,13,17,20,28H,4-7H2,1H3,(H4,21,22,23,29,31,32);(H2,1,2,3,4)/b24-12-;/t13-,17-;/m1./s1. The van der Waals surface area contributed by atoms with Crippen LogP contribution in [0.5, 0.6) is 0 Å². The summed E-state index contributed by atoms with van der Waals surface area (Å²) in [5.41, 5.74) is 11.8. The van der Waals surface area contributed by atoms with Gasteiger partial charge in [-0.15, -0.1) is 32.5 Å². The van der Waals surface area contributed by atoms with Gasteiger partial charge in [-0.2, -0.15) is 8.42 Å². The highest BCUT2D eigenvalue weighted by Crippen LogP contribution is 2.40. The Bertz CT molecular complexity index is 1460. The highest BCUT2D eigenvalue weighted by Gasteiger charge is 2.53. The molecule has 1 fully saturated rings. The molecule has 0 aliphatic carbocycles. The quantitative estimate of drug-likeness (QED) is 0.0515. The lowest BCUT2D eigenvalue weighted by atomic mass is 10.0. The van der Waals surface area contributed by atoms with E-state index in [4.69, 9.17) is 33.8 Å². The van der Waals surface area contributed by atoms with Crippen molar-refractivity contribution in [1.29, 1.82) is 0 Å². The molecule has 0 bridgehead atoms. The molecule has 0 radical (unpaired) electrons. The number of carbonyl (C=O) groups is 3. The van der Waals surface area contributed by atoms with Crippen LogP contribution in [-0.2, 0) is 42.7 Å². The largest absolute Gasteiger partial charge is 0.543 e. The average Bonchev–Trinajstić information content (AvgIpc) is 3.45. The summed E-state index contributed by atoms with van der Waals surface area (Å²) in [5.74, 6) is -2.15. The number of anilines is 2. The predicted octanol–water partition coefficient (Wildman–Crippen LogP) is -3.81. The maximum absolute atomic E-state index is 12.9. The molecule has 218 valence electrons. The lowest BCUT2D eigenvalue weighted by Gasteiger charge is -2.50. The molecule has 0 unspecified atom stereocenters. The first-order chi connectivity index (χ1) is 18.8. The van der Waals surface area contributed by atoms with Gasteiger partial charge in [0.1, 0.15) is 30.8 Å². The van der Waals surface area contributed by atoms with Gasteiger partial charge in [-0.05, 0) is 0 Å². The molecular weight excluding hydrogens is 596 g/mol. The fourth-order valence-electron chi connectivity index (χ4n) is 3.86. The number of thiazole rings is 1. The molecule has 2 aliphatic heterocycles. The minimum atomic E-state index is -4.67. The fraction of sp³-hybridized carbons (Fsp3) is 0.368. The van der Waals surface area contributed by atoms with Gasteiger partial charge in [-0.3, -0.25) is 23.6 Å². The highest BCUT2D eigenvalue weighted by atomic mass is 32.3. The van der Waals surface area contributed by atoms with Crippen molar-refractivity contribution in [3.63, 3.8) is 0 Å². The third-order valence-corrected chi connectivity index (χ3v) is 7.39. The van der Waals surface area contributed by atoms with Gasteiger partial charge >= 0.3 is 10.4 Å². The van der Waals surface area contributed by atoms with Gasteiger partial charge in [0.05, 0.1) is 24.3 Å². The SMILES string of the molecule is CO/N=C(\C(=O)N[C@@H]1C(=O)N2C(C(=O)[O-])=C(C[n+]3ccc(N)n3CCO)CS[C@H]12)c1csc(N)n1.O=S(=O)(O)O. The summed E-state index contributed by atoms with van der Waals surface area (Å²) in [6.45, 7) is 0.183. The molecule has 1 saturated heterocycles. The number of aliphatic hydroxyl groups excluding tert-OH is 1. The van der Waals surface area contributed by atoms with E-state index in [1.807, 2.05) is 0 Å². The Labute approximate surface area is 234 Å². The van der Waals surface area contributed by atoms with Gasteiger partial charge in [0.2, 0.25) is 0 Å². The molecule has 2 aromatic rings. The molecule has 2 aliphatic rings. The zero-order valence-corrected chi connectivity index (χ0v) is 23.0. The number of thioether (sulfide) groups is 1. The predicted molar refractivity (Wildman–Crippen MR) is 137 cm³/mol. The van der Waals surface area contributed by atoms with Crippen molar-refractivity contribution in [2.24, 2.45) is 5.16 Å². The van der Waals surface area contributed by atoms with Gasteiger partial charge < -0.3 is 36.6 Å². The van der Waals surface area contributed by atoms with Crippen molar-refractivity contribution in [1.82, 2.24) is 19.9 Å². The smallest absolute Gasteiger partial charge is 0.394 e. The number of hydrogen-bond donors (Lipinski definition) is 6. The summed E-state index contributed by atoms with van der Waals surface area (Å²) >= 11 is 2.41. The summed E-state index contributed by atoms with van der Waals surface area (Å²) < 4.78 is 34.8. The van der Waals surface area contributed by atoms with Crippen molar-refractivity contribution in [2.75, 3.05) is 30.9 Å². The van der Waals surface area contributed by atoms with Crippen molar-refractivity contribution >= 4 is 67.9 Å². The van der Waals surface area contributed by atoms with Crippen LogP contribution in [-0.4, -0.2) is 91.6 Å². The van der Waals surface area contributed by atoms with Gasteiger partial charge in [-0.1, -0.05) is 5.16 Å². The van der Waals surface area contributed by atoms with Crippen molar-refractivity contribution in [2.45, 2.75) is 24.5 Å². The average molecular weight is 621 g/mol. The lowest BCUT2D eigenvalue weighted by Crippen LogP contribution is -2.71. The Morgan fingerprint density at radius 2 is 2.05 bits per heavy atom. The summed E-state index contributed by atoms with van der Waals surface area (Å²) in [6.07, 6.45) is 1.66. The first-order valence-corrected chi connectivity index (χ1v) is 14.3. The number of β-lactam (4-membered cyclic amide) rings is 1. The number of aliphatic carboxylic acids is 1. The number of aliphatic hydroxyl groups is 1. The summed E-state index contributed by atoms with van der Waals surface area (Å²) in [5, 5.41) is 28.7. The van der Waals surface area contributed by atoms with Crippen LogP contribution in [0, 0.1) is 0 Å². The van der Waals surface area contributed by atoms with Crippen LogP contribution in [0.25, 0.3) is 0 Å². The van der Waals surface area contributed by atoms with Crippen LogP contribution in [0.2, 0.25) is 0 Å². The van der Waals surface area contributed by atoms with E-state index in [9.17, 15) is 24.6 Å². The van der Waals surface area contributed by atoms with Gasteiger partial charge in [0.15, 0.2) is 29.4 Å². The zero-order chi connectivity index (χ0) is 29.8. The maximum Gasteiger partial charge on any atom is 0.394 e. The fourth-order valence-corrected chi connectivity index (χ4v) is 5.74. The third-order valence-electron chi connectivity index (χ3n) is 5.38. The maximum atomic E-state index is 12.9. The molecular formula is C19H24N8O10S3. The first kappa shape index (κ1) is 30.8. The Balaban J connectivity index is 0.000000810. The number of nitrogens with zero attached hydrogens (tertiary/aromatic N) is 5. The van der Waals surface area contributed by atoms with Crippen molar-refractivity contribution < 1.29 is 51.6 Å². The molecule has 0 saturated carbocycles. The van der Waals surface area contributed by atoms with Crippen LogP contribution in [0.15, 0.2) is 34.1 Å². The number of aromatic nitrogens is 3. The van der Waals surface area contributed by atoms with E-state index in [0.717, 1.165) is 16.2 Å². The third kappa shape index (κ3) is 7.05. The number of fused-ring (bicyclic) bond motifs is 1. The Hall–Kier alpha value is -3.76. The molecule has 21 heteroatoms. The van der Waals surface area contributed by atoms with Crippen LogP contribution >= 0.6 is 23.1 Å². The second kappa shape index (κ2) is 12.6. The van der Waals surface area contributed by atoms with E-state index >= 15 is 0 Å². The number of nitrogens with two attached hydrogens (primary N) is 2. The number of rotatable bonds is 9. The Morgan fingerprint density at radius 3 is 2.60 bits per heavy atom. The first-order valence-electron chi connectivity index (χ1n) is 10.9. The van der Waals surface area contributed by atoms with Crippen LogP contribution in [0.4, 0.5) is 10.9 Å². The number of amides is 2. The minimum Gasteiger partial charge on any atom is -0.543 e. The van der Waals surface area contributed by atoms with E-state index in [1.165, 1.54) is 24.3 Å². The monoisotopic (exact) mass is 620 g/mol. The van der Waals surface area contributed by atoms with Crippen LogP contribution in [0.3, 0.4) is 0 Å². The molecule has 2 amide bonds. The number of hydrogen-bond acceptors (Lipinski definition) is 14. The van der Waals surface area contributed by atoms with Crippen LogP contribution in [0.1, 0.15) is 5.69 Å². The number of carboxylic acid groups (broad SMARTS) is 1. The van der Waals surface area contributed by atoms with Gasteiger partial charge in [-0.25, -0.2) is 4.98 Å². The normalized spacial score (nSPS) is 18.9. The highest BCUT2D eigenvalue weighted by molar-refractivity contribution is 8.00. The molecule has 40 heavy (non-hydrogen) atoms. The van der Waals surface area contributed by atoms with E-state index in [1.54, 1.807) is 21.6 Å². The number of oxime groups is 1. The number of nitrogen functional groups attached to an aromatic ring is 2. The molecule has 8 N–H and O–H groups in total. The van der Waals surface area contributed by atoms with Crippen LogP contribution < -0.4 is 26.6 Å². The number of carbonyl (C=O) groups excluding carboxylic acids is 3. The Kier molecular flexibility index (Phi) is 9.70. The number of carboxylic acids is 1. The lowest BCUT2D eigenvalue weighted by molar-refractivity contribution is -0.767. The van der Waals surface area contributed by atoms with Crippen molar-refractivity contribution in [3.8, 4) is 0 Å². The molecule has 4 heterocycles. The summed E-state index contributed by atoms with van der Waals surface area (Å²) in [7, 11) is -3.41. The summed E-state index contributed by atoms with van der Waals surface area (Å²) in [4.78, 5) is 47.6. The van der Waals surface area contributed by atoms with Gasteiger partial charge in [0.25, 0.3) is 11.8 Å². The molecule has 2 aromatic heterocycles. The molecule has 2 atom stereocenters. The minimum absolute atomic E-state index is 0.122. The van der Waals surface area contributed by atoms with E-state index in [-0.39, 0.29) is 47.7 Å². The second-order valence-electron chi connectivity index (χ2n) is 7.93. The molecule has 0 spiro atoms. The molecule has 18 nitrogen and oxygen atoms in total. The Morgan fingerprint density at radius 1 is 1.38 bits per heavy atom. The van der Waals surface area contributed by atoms with E-state index in [0.29, 0.717) is 11.4 Å². The molecule has 4 rings (SSSR count). The van der Waals surface area contributed by atoms with E-state index < -0.39 is 39.6 Å². The topological polar surface area (TPSA) is 280 Å². The van der Waals surface area contributed by atoms with E-state index in [2.05, 4.69) is 15.5 Å². The zero-order valence-electron chi connectivity index (χ0n) is 20.5. The second-order valence-corrected chi connectivity index (χ2v) is 10.8.